The monoisotopic (exact) mass is 280 g/mol. The number of rotatable bonds is 2. The Bertz CT molecular complexity index is 565. The van der Waals surface area contributed by atoms with Gasteiger partial charge in [-0.3, -0.25) is 0 Å². The minimum absolute atomic E-state index is 0.657. The van der Waals surface area contributed by atoms with Crippen LogP contribution in [-0.4, -0.2) is 11.7 Å². The molecule has 1 N–H and O–H groups in total. The lowest BCUT2D eigenvalue weighted by Crippen LogP contribution is -2.12. The lowest BCUT2D eigenvalue weighted by Gasteiger charge is -2.22. The minimum atomic E-state index is -0.657. The Morgan fingerprint density at radius 3 is 2.94 bits per heavy atom. The first kappa shape index (κ1) is 12.0. The number of halogens is 1. The number of aliphatic hydroxyl groups is 1. The van der Waals surface area contributed by atoms with Crippen molar-refractivity contribution in [3.63, 3.8) is 0 Å². The van der Waals surface area contributed by atoms with E-state index in [2.05, 4.69) is 6.07 Å². The van der Waals surface area contributed by atoms with Crippen molar-refractivity contribution in [3.8, 4) is 5.75 Å². The fourth-order valence-electron chi connectivity index (χ4n) is 2.26. The Labute approximate surface area is 115 Å². The van der Waals surface area contributed by atoms with E-state index in [1.165, 1.54) is 16.9 Å². The third-order valence-electron chi connectivity index (χ3n) is 3.12. The van der Waals surface area contributed by atoms with Crippen LogP contribution in [0.2, 0.25) is 4.34 Å². The van der Waals surface area contributed by atoms with Crippen molar-refractivity contribution in [2.24, 2.45) is 0 Å². The predicted molar refractivity (Wildman–Crippen MR) is 73.6 cm³/mol. The minimum Gasteiger partial charge on any atom is -0.493 e. The van der Waals surface area contributed by atoms with Gasteiger partial charge >= 0.3 is 0 Å². The molecule has 0 spiro atoms. The van der Waals surface area contributed by atoms with Crippen LogP contribution < -0.4 is 4.74 Å². The van der Waals surface area contributed by atoms with Gasteiger partial charge in [0.05, 0.1) is 10.9 Å². The molecule has 94 valence electrons. The highest BCUT2D eigenvalue weighted by molar-refractivity contribution is 7.16. The number of hydrogen-bond donors (Lipinski definition) is 1. The number of ether oxygens (including phenoxy) is 1. The summed E-state index contributed by atoms with van der Waals surface area (Å²) in [7, 11) is 0. The summed E-state index contributed by atoms with van der Waals surface area (Å²) in [6, 6.07) is 9.62. The van der Waals surface area contributed by atoms with Gasteiger partial charge in [-0.05, 0) is 30.5 Å². The van der Waals surface area contributed by atoms with Crippen molar-refractivity contribution < 1.29 is 9.84 Å². The summed E-state index contributed by atoms with van der Waals surface area (Å²) in [5.41, 5.74) is 2.02. The second-order valence-electron chi connectivity index (χ2n) is 4.33. The molecule has 2 heterocycles. The number of hydrogen-bond acceptors (Lipinski definition) is 3. The van der Waals surface area contributed by atoms with E-state index in [1.807, 2.05) is 18.2 Å². The molecule has 0 saturated heterocycles. The van der Waals surface area contributed by atoms with E-state index in [4.69, 9.17) is 16.3 Å². The molecule has 1 aliphatic rings. The molecular weight excluding hydrogens is 268 g/mol. The summed E-state index contributed by atoms with van der Waals surface area (Å²) in [5.74, 6) is 0.848. The molecule has 0 radical (unpaired) electrons. The summed E-state index contributed by atoms with van der Waals surface area (Å²) in [4.78, 5) is 0.850. The Balaban J connectivity index is 2.01. The van der Waals surface area contributed by atoms with Gasteiger partial charge in [-0.2, -0.15) is 0 Å². The SMILES string of the molecule is OC(c1ccc(Cl)s1)c1cccc2c1OCCC2. The molecule has 1 aliphatic heterocycles. The van der Waals surface area contributed by atoms with Crippen LogP contribution in [0, 0.1) is 0 Å². The van der Waals surface area contributed by atoms with Crippen molar-refractivity contribution in [2.75, 3.05) is 6.61 Å². The van der Waals surface area contributed by atoms with E-state index in [-0.39, 0.29) is 0 Å². The van der Waals surface area contributed by atoms with Crippen molar-refractivity contribution in [3.05, 3.63) is 50.7 Å². The van der Waals surface area contributed by atoms with Crippen LogP contribution in [0.15, 0.2) is 30.3 Å². The molecule has 1 aromatic carbocycles. The summed E-state index contributed by atoms with van der Waals surface area (Å²) in [5, 5.41) is 10.4. The lowest BCUT2D eigenvalue weighted by atomic mass is 9.99. The lowest BCUT2D eigenvalue weighted by molar-refractivity contribution is 0.210. The van der Waals surface area contributed by atoms with Gasteiger partial charge in [0.25, 0.3) is 0 Å². The maximum atomic E-state index is 10.4. The van der Waals surface area contributed by atoms with Crippen LogP contribution in [0.25, 0.3) is 0 Å². The van der Waals surface area contributed by atoms with E-state index in [0.29, 0.717) is 4.34 Å². The molecule has 4 heteroatoms. The van der Waals surface area contributed by atoms with Gasteiger partial charge in [0.1, 0.15) is 11.9 Å². The third-order valence-corrected chi connectivity index (χ3v) is 4.41. The molecule has 2 aromatic rings. The van der Waals surface area contributed by atoms with Gasteiger partial charge in [-0.15, -0.1) is 11.3 Å². The molecular formula is C14H13ClO2S. The van der Waals surface area contributed by atoms with Crippen LogP contribution in [-0.2, 0) is 6.42 Å². The maximum Gasteiger partial charge on any atom is 0.128 e. The molecule has 1 atom stereocenters. The van der Waals surface area contributed by atoms with Crippen LogP contribution in [0.1, 0.15) is 28.5 Å². The highest BCUT2D eigenvalue weighted by atomic mass is 35.5. The molecule has 0 saturated carbocycles. The van der Waals surface area contributed by atoms with E-state index in [9.17, 15) is 5.11 Å². The molecule has 0 amide bonds. The number of fused-ring (bicyclic) bond motifs is 1. The Kier molecular flexibility index (Phi) is 3.29. The first-order valence-corrected chi connectivity index (χ1v) is 7.13. The van der Waals surface area contributed by atoms with Crippen LogP contribution in [0.4, 0.5) is 0 Å². The van der Waals surface area contributed by atoms with Crippen molar-refractivity contribution in [1.82, 2.24) is 0 Å². The summed E-state index contributed by atoms with van der Waals surface area (Å²) in [6.07, 6.45) is 1.40. The second kappa shape index (κ2) is 4.92. The summed E-state index contributed by atoms with van der Waals surface area (Å²) < 4.78 is 6.41. The first-order chi connectivity index (χ1) is 8.75. The predicted octanol–water partition coefficient (Wildman–Crippen LogP) is 3.81. The Morgan fingerprint density at radius 1 is 1.28 bits per heavy atom. The van der Waals surface area contributed by atoms with E-state index >= 15 is 0 Å². The smallest absolute Gasteiger partial charge is 0.128 e. The van der Waals surface area contributed by atoms with Gasteiger partial charge in [0, 0.05) is 10.4 Å². The van der Waals surface area contributed by atoms with Crippen LogP contribution >= 0.6 is 22.9 Å². The second-order valence-corrected chi connectivity index (χ2v) is 6.08. The number of thiophene rings is 1. The molecule has 18 heavy (non-hydrogen) atoms. The standard InChI is InChI=1S/C14H13ClO2S/c15-12-7-6-11(18-12)13(16)10-5-1-3-9-4-2-8-17-14(9)10/h1,3,5-7,13,16H,2,4,8H2. The molecule has 1 unspecified atom stereocenters. The summed E-state index contributed by atoms with van der Waals surface area (Å²) >= 11 is 7.31. The van der Waals surface area contributed by atoms with E-state index < -0.39 is 6.10 Å². The van der Waals surface area contributed by atoms with Gasteiger partial charge < -0.3 is 9.84 Å². The van der Waals surface area contributed by atoms with Crippen LogP contribution in [0.5, 0.6) is 5.75 Å². The fourth-order valence-corrected chi connectivity index (χ4v) is 3.32. The van der Waals surface area contributed by atoms with Gasteiger partial charge in [-0.1, -0.05) is 29.8 Å². The molecule has 3 rings (SSSR count). The third kappa shape index (κ3) is 2.14. The first-order valence-electron chi connectivity index (χ1n) is 5.93. The number of para-hydroxylation sites is 1. The zero-order valence-electron chi connectivity index (χ0n) is 9.73. The summed E-state index contributed by atoms with van der Waals surface area (Å²) in [6.45, 7) is 0.724. The molecule has 1 aromatic heterocycles. The molecule has 2 nitrogen and oxygen atoms in total. The van der Waals surface area contributed by atoms with E-state index in [1.54, 1.807) is 6.07 Å². The van der Waals surface area contributed by atoms with Gasteiger partial charge in [0.15, 0.2) is 0 Å². The van der Waals surface area contributed by atoms with Gasteiger partial charge in [-0.25, -0.2) is 0 Å². The van der Waals surface area contributed by atoms with Crippen molar-refractivity contribution in [2.45, 2.75) is 18.9 Å². The van der Waals surface area contributed by atoms with E-state index in [0.717, 1.165) is 35.6 Å². The normalized spacial score (nSPS) is 15.9. The Morgan fingerprint density at radius 2 is 2.17 bits per heavy atom. The average molecular weight is 281 g/mol. The largest absolute Gasteiger partial charge is 0.493 e. The van der Waals surface area contributed by atoms with Crippen molar-refractivity contribution >= 4 is 22.9 Å². The molecule has 0 bridgehead atoms. The van der Waals surface area contributed by atoms with Crippen molar-refractivity contribution in [1.29, 1.82) is 0 Å². The highest BCUT2D eigenvalue weighted by Crippen LogP contribution is 2.38. The Hall–Kier alpha value is -1.03. The zero-order chi connectivity index (χ0) is 12.5. The average Bonchev–Trinajstić information content (AvgIpc) is 2.84. The number of aryl methyl sites for hydroxylation is 1. The van der Waals surface area contributed by atoms with Gasteiger partial charge in [0.2, 0.25) is 0 Å². The molecule has 0 fully saturated rings. The highest BCUT2D eigenvalue weighted by Gasteiger charge is 2.21. The number of benzene rings is 1. The van der Waals surface area contributed by atoms with Crippen LogP contribution in [0.3, 0.4) is 0 Å². The topological polar surface area (TPSA) is 29.5 Å². The zero-order valence-corrected chi connectivity index (χ0v) is 11.3. The fraction of sp³-hybridized carbons (Fsp3) is 0.286. The maximum absolute atomic E-state index is 10.4. The number of aliphatic hydroxyl groups excluding tert-OH is 1. The quantitative estimate of drug-likeness (QED) is 0.906. The molecule has 0 aliphatic carbocycles.